The Morgan fingerprint density at radius 1 is 1.33 bits per heavy atom. The summed E-state index contributed by atoms with van der Waals surface area (Å²) in [6, 6.07) is 6.53. The van der Waals surface area contributed by atoms with Crippen molar-refractivity contribution in [3.8, 4) is 0 Å². The lowest BCUT2D eigenvalue weighted by Crippen LogP contribution is -2.29. The maximum atomic E-state index is 11.3. The SMILES string of the molecule is CS(=O)(=O)Nn1c(=O)oc2ccccc21. The van der Waals surface area contributed by atoms with E-state index in [1.54, 1.807) is 24.3 Å². The Balaban J connectivity index is 2.70. The molecule has 0 radical (unpaired) electrons. The highest BCUT2D eigenvalue weighted by atomic mass is 32.2. The highest BCUT2D eigenvalue weighted by Crippen LogP contribution is 2.10. The fraction of sp³-hybridized carbons (Fsp3) is 0.125. The number of nitrogens with zero attached hydrogens (tertiary/aromatic N) is 1. The number of rotatable bonds is 2. The van der Waals surface area contributed by atoms with Crippen LogP contribution in [-0.2, 0) is 10.0 Å². The molecule has 7 heteroatoms. The molecule has 0 saturated carbocycles. The molecule has 80 valence electrons. The molecule has 1 aromatic heterocycles. The summed E-state index contributed by atoms with van der Waals surface area (Å²) in [5.74, 6) is -0.762. The van der Waals surface area contributed by atoms with E-state index in [4.69, 9.17) is 4.42 Å². The lowest BCUT2D eigenvalue weighted by molar-refractivity contribution is 0.531. The van der Waals surface area contributed by atoms with Crippen molar-refractivity contribution < 1.29 is 12.8 Å². The predicted molar refractivity (Wildman–Crippen MR) is 54.7 cm³/mol. The fourth-order valence-corrected chi connectivity index (χ4v) is 1.72. The third kappa shape index (κ3) is 1.86. The third-order valence-electron chi connectivity index (χ3n) is 1.74. The maximum Gasteiger partial charge on any atom is 0.439 e. The highest BCUT2D eigenvalue weighted by Gasteiger charge is 2.11. The first kappa shape index (κ1) is 9.78. The van der Waals surface area contributed by atoms with Crippen LogP contribution in [-0.4, -0.2) is 19.3 Å². The number of sulfonamides is 1. The van der Waals surface area contributed by atoms with Gasteiger partial charge in [0.15, 0.2) is 5.58 Å². The summed E-state index contributed by atoms with van der Waals surface area (Å²) in [6.45, 7) is 0. The van der Waals surface area contributed by atoms with Gasteiger partial charge in [-0.1, -0.05) is 12.1 Å². The number of hydrogen-bond acceptors (Lipinski definition) is 4. The largest absolute Gasteiger partial charge is 0.439 e. The Labute approximate surface area is 85.1 Å². The van der Waals surface area contributed by atoms with E-state index in [0.29, 0.717) is 11.1 Å². The Bertz CT molecular complexity index is 653. The van der Waals surface area contributed by atoms with Crippen LogP contribution in [0, 0.1) is 0 Å². The van der Waals surface area contributed by atoms with E-state index in [-0.39, 0.29) is 0 Å². The van der Waals surface area contributed by atoms with E-state index < -0.39 is 15.8 Å². The molecule has 0 saturated heterocycles. The molecular formula is C8H8N2O4S. The second kappa shape index (κ2) is 3.13. The first-order valence-electron chi connectivity index (χ1n) is 4.06. The summed E-state index contributed by atoms with van der Waals surface area (Å²) in [5, 5.41) is 0. The van der Waals surface area contributed by atoms with E-state index in [0.717, 1.165) is 10.9 Å². The van der Waals surface area contributed by atoms with Gasteiger partial charge in [-0.05, 0) is 12.1 Å². The number of fused-ring (bicyclic) bond motifs is 1. The smallest absolute Gasteiger partial charge is 0.406 e. The van der Waals surface area contributed by atoms with Gasteiger partial charge in [-0.3, -0.25) is 0 Å². The van der Waals surface area contributed by atoms with Crippen molar-refractivity contribution >= 4 is 21.1 Å². The molecule has 0 unspecified atom stereocenters. The van der Waals surface area contributed by atoms with Gasteiger partial charge in [-0.2, -0.15) is 4.68 Å². The van der Waals surface area contributed by atoms with Crippen molar-refractivity contribution in [2.24, 2.45) is 0 Å². The van der Waals surface area contributed by atoms with E-state index in [9.17, 15) is 13.2 Å². The molecule has 0 amide bonds. The quantitative estimate of drug-likeness (QED) is 0.790. The second-order valence-electron chi connectivity index (χ2n) is 3.03. The van der Waals surface area contributed by atoms with Gasteiger partial charge in [-0.25, -0.2) is 18.0 Å². The number of aromatic nitrogens is 1. The molecule has 15 heavy (non-hydrogen) atoms. The molecule has 1 aromatic carbocycles. The minimum absolute atomic E-state index is 0.332. The van der Waals surface area contributed by atoms with E-state index >= 15 is 0 Å². The van der Waals surface area contributed by atoms with Gasteiger partial charge in [0.2, 0.25) is 10.0 Å². The number of oxazole rings is 1. The van der Waals surface area contributed by atoms with Crippen LogP contribution in [0.15, 0.2) is 33.5 Å². The summed E-state index contributed by atoms with van der Waals surface area (Å²) >= 11 is 0. The van der Waals surface area contributed by atoms with Crippen LogP contribution in [0.25, 0.3) is 11.1 Å². The van der Waals surface area contributed by atoms with Crippen LogP contribution in [0.3, 0.4) is 0 Å². The standard InChI is InChI=1S/C8H8N2O4S/c1-15(12,13)9-10-6-4-2-3-5-7(6)14-8(10)11/h2-5,9H,1H3. The Hall–Kier alpha value is -1.76. The van der Waals surface area contributed by atoms with E-state index in [1.807, 2.05) is 0 Å². The third-order valence-corrected chi connectivity index (χ3v) is 2.26. The molecule has 0 aliphatic rings. The fourth-order valence-electron chi connectivity index (χ4n) is 1.22. The molecule has 1 heterocycles. The van der Waals surface area contributed by atoms with Crippen LogP contribution in [0.5, 0.6) is 0 Å². The van der Waals surface area contributed by atoms with Crippen LogP contribution in [0.2, 0.25) is 0 Å². The first-order chi connectivity index (χ1) is 6.97. The normalized spacial score (nSPS) is 11.8. The molecule has 0 aliphatic carbocycles. The molecule has 1 N–H and O–H groups in total. The topological polar surface area (TPSA) is 81.3 Å². The zero-order valence-electron chi connectivity index (χ0n) is 7.80. The summed E-state index contributed by atoms with van der Waals surface area (Å²) in [4.78, 5) is 13.3. The van der Waals surface area contributed by atoms with Gasteiger partial charge in [0.25, 0.3) is 0 Å². The average molecular weight is 228 g/mol. The Morgan fingerprint density at radius 3 is 2.67 bits per heavy atom. The van der Waals surface area contributed by atoms with Crippen LogP contribution in [0.1, 0.15) is 0 Å². The van der Waals surface area contributed by atoms with Gasteiger partial charge in [0.1, 0.15) is 5.52 Å². The molecule has 6 nitrogen and oxygen atoms in total. The zero-order chi connectivity index (χ0) is 11.1. The van der Waals surface area contributed by atoms with Crippen molar-refractivity contribution in [1.82, 2.24) is 4.68 Å². The van der Waals surface area contributed by atoms with Gasteiger partial charge in [0.05, 0.1) is 6.26 Å². The molecular weight excluding hydrogens is 220 g/mol. The van der Waals surface area contributed by atoms with Crippen molar-refractivity contribution in [2.45, 2.75) is 0 Å². The Kier molecular flexibility index (Phi) is 2.04. The lowest BCUT2D eigenvalue weighted by atomic mass is 10.3. The number of nitrogens with one attached hydrogen (secondary N) is 1. The number of benzene rings is 1. The van der Waals surface area contributed by atoms with Crippen molar-refractivity contribution in [2.75, 3.05) is 11.1 Å². The van der Waals surface area contributed by atoms with Crippen molar-refractivity contribution in [3.05, 3.63) is 34.8 Å². The molecule has 2 aromatic rings. The molecule has 2 rings (SSSR count). The zero-order valence-corrected chi connectivity index (χ0v) is 8.61. The van der Waals surface area contributed by atoms with Crippen molar-refractivity contribution in [1.29, 1.82) is 0 Å². The van der Waals surface area contributed by atoms with Gasteiger partial charge >= 0.3 is 5.76 Å². The highest BCUT2D eigenvalue weighted by molar-refractivity contribution is 7.91. The monoisotopic (exact) mass is 228 g/mol. The minimum atomic E-state index is -3.51. The van der Waals surface area contributed by atoms with E-state index in [1.165, 1.54) is 0 Å². The number of para-hydroxylation sites is 2. The van der Waals surface area contributed by atoms with Crippen LogP contribution >= 0.6 is 0 Å². The molecule has 0 atom stereocenters. The Morgan fingerprint density at radius 2 is 2.00 bits per heavy atom. The van der Waals surface area contributed by atoms with E-state index in [2.05, 4.69) is 4.83 Å². The summed E-state index contributed by atoms with van der Waals surface area (Å²) < 4.78 is 27.6. The molecule has 0 spiro atoms. The summed E-state index contributed by atoms with van der Waals surface area (Å²) in [6.07, 6.45) is 0.960. The van der Waals surface area contributed by atoms with Gasteiger partial charge in [-0.15, -0.1) is 0 Å². The van der Waals surface area contributed by atoms with Gasteiger partial charge < -0.3 is 4.42 Å². The van der Waals surface area contributed by atoms with Gasteiger partial charge in [0, 0.05) is 0 Å². The molecule has 0 bridgehead atoms. The predicted octanol–water partition coefficient (Wildman–Crippen LogP) is 0.0976. The molecule has 0 aliphatic heterocycles. The van der Waals surface area contributed by atoms with Crippen molar-refractivity contribution in [3.63, 3.8) is 0 Å². The number of hydrogen-bond donors (Lipinski definition) is 1. The lowest BCUT2D eigenvalue weighted by Gasteiger charge is -2.02. The summed E-state index contributed by atoms with van der Waals surface area (Å²) in [7, 11) is -3.51. The average Bonchev–Trinajstić information content (AvgIpc) is 2.41. The van der Waals surface area contributed by atoms with Crippen LogP contribution in [0.4, 0.5) is 0 Å². The summed E-state index contributed by atoms with van der Waals surface area (Å²) in [5.41, 5.74) is 0.714. The molecule has 0 fully saturated rings. The first-order valence-corrected chi connectivity index (χ1v) is 5.95. The van der Waals surface area contributed by atoms with Crippen LogP contribution < -0.4 is 10.6 Å². The maximum absolute atomic E-state index is 11.3. The minimum Gasteiger partial charge on any atom is -0.406 e. The second-order valence-corrected chi connectivity index (χ2v) is 4.76.